The summed E-state index contributed by atoms with van der Waals surface area (Å²) in [4.78, 5) is 80.0. The molecule has 14 nitrogen and oxygen atoms in total. The summed E-state index contributed by atoms with van der Waals surface area (Å²) in [6.07, 6.45) is -6.63. The standard InChI is InChI=1S/C40H43NO13/c1-22(42)49-30-29-32(52-36(47)26-18-19-28(44)41(7)21-26)40(54-37(29,3)4)38(5,48)20-27(51-34(45)24-14-10-8-11-15-24)31(50-23(2)43)39(40,6)33(30)53-35(46)25-16-12-9-13-17-25/h8-19,21,27,29-33,48H,20H2,1-7H3/t27-,29+,30+,31-,32-,33-,38+,39+,40-/m1/s1. The summed E-state index contributed by atoms with van der Waals surface area (Å²) in [5, 5.41) is 12.9. The molecule has 9 atom stereocenters. The van der Waals surface area contributed by atoms with Crippen LogP contribution in [0.1, 0.15) is 79.0 Å². The lowest BCUT2D eigenvalue weighted by atomic mass is 9.46. The van der Waals surface area contributed by atoms with Gasteiger partial charge >= 0.3 is 29.8 Å². The van der Waals surface area contributed by atoms with Gasteiger partial charge in [-0.05, 0) is 58.0 Å². The van der Waals surface area contributed by atoms with E-state index in [9.17, 15) is 33.9 Å². The molecule has 1 aromatic heterocycles. The second-order valence-corrected chi connectivity index (χ2v) is 15.0. The second kappa shape index (κ2) is 13.8. The normalized spacial score (nSPS) is 32.0. The van der Waals surface area contributed by atoms with Gasteiger partial charge in [0.05, 0.1) is 39.2 Å². The lowest BCUT2D eigenvalue weighted by molar-refractivity contribution is -0.349. The van der Waals surface area contributed by atoms with Gasteiger partial charge in [0, 0.05) is 39.6 Å². The van der Waals surface area contributed by atoms with Crippen molar-refractivity contribution in [3.63, 3.8) is 0 Å². The predicted octanol–water partition coefficient (Wildman–Crippen LogP) is 3.56. The first-order valence-electron chi connectivity index (χ1n) is 17.5. The van der Waals surface area contributed by atoms with Crippen LogP contribution in [0.3, 0.4) is 0 Å². The Labute approximate surface area is 311 Å². The summed E-state index contributed by atoms with van der Waals surface area (Å²) in [7, 11) is 1.46. The molecular formula is C40H43NO13. The van der Waals surface area contributed by atoms with Gasteiger partial charge in [0.15, 0.2) is 12.2 Å². The molecule has 0 radical (unpaired) electrons. The van der Waals surface area contributed by atoms with Crippen LogP contribution in [-0.2, 0) is 45.1 Å². The van der Waals surface area contributed by atoms with E-state index < -0.39 is 94.9 Å². The highest BCUT2D eigenvalue weighted by atomic mass is 16.6. The SMILES string of the molecule is CC(=O)O[C@H]1[C@H]2[C@@H](OC(=O)c3ccc(=O)n(C)c3)[C@]3(OC2(C)C)[C@](C)([C@@H]1OC(=O)c1ccccc1)[C@H](OC(C)=O)[C@H](OC(=O)c1ccccc1)C[C@]3(C)O. The lowest BCUT2D eigenvalue weighted by Gasteiger charge is -2.65. The summed E-state index contributed by atoms with van der Waals surface area (Å²) in [5.74, 6) is -5.30. The number of esters is 5. The zero-order valence-corrected chi connectivity index (χ0v) is 31.0. The van der Waals surface area contributed by atoms with E-state index in [4.69, 9.17) is 28.4 Å². The molecule has 3 aliphatic rings. The maximum atomic E-state index is 14.1. The maximum Gasteiger partial charge on any atom is 0.340 e. The van der Waals surface area contributed by atoms with Gasteiger partial charge in [-0.2, -0.15) is 0 Å². The van der Waals surface area contributed by atoms with Crippen molar-refractivity contribution in [1.29, 1.82) is 0 Å². The minimum Gasteiger partial charge on any atom is -0.458 e. The Bertz CT molecular complexity index is 2030. The third kappa shape index (κ3) is 6.26. The highest BCUT2D eigenvalue weighted by Gasteiger charge is 2.87. The number of carbonyl (C=O) groups is 5. The van der Waals surface area contributed by atoms with Crippen LogP contribution in [0.4, 0.5) is 0 Å². The monoisotopic (exact) mass is 745 g/mol. The Morgan fingerprint density at radius 3 is 1.74 bits per heavy atom. The minimum atomic E-state index is -2.11. The third-order valence-corrected chi connectivity index (χ3v) is 11.0. The molecule has 3 fully saturated rings. The van der Waals surface area contributed by atoms with E-state index in [0.29, 0.717) is 0 Å². The van der Waals surface area contributed by atoms with Gasteiger partial charge in [-0.15, -0.1) is 0 Å². The smallest absolute Gasteiger partial charge is 0.340 e. The number of hydrogen-bond acceptors (Lipinski definition) is 13. The number of pyridine rings is 1. The van der Waals surface area contributed by atoms with E-state index in [1.54, 1.807) is 50.2 Å². The van der Waals surface area contributed by atoms with Crippen LogP contribution in [0.15, 0.2) is 83.8 Å². The topological polar surface area (TPSA) is 183 Å². The van der Waals surface area contributed by atoms with Gasteiger partial charge in [0.2, 0.25) is 5.56 Å². The summed E-state index contributed by atoms with van der Waals surface area (Å²) >= 11 is 0. The number of hydrogen-bond donors (Lipinski definition) is 1. The van der Waals surface area contributed by atoms with Crippen molar-refractivity contribution in [2.45, 2.75) is 95.3 Å². The molecular weight excluding hydrogens is 702 g/mol. The van der Waals surface area contributed by atoms with Crippen molar-refractivity contribution < 1.29 is 57.5 Å². The Morgan fingerprint density at radius 2 is 1.20 bits per heavy atom. The number of nitrogens with zero attached hydrogens (tertiary/aromatic N) is 1. The molecule has 286 valence electrons. The van der Waals surface area contributed by atoms with Crippen molar-refractivity contribution in [2.75, 3.05) is 0 Å². The van der Waals surface area contributed by atoms with Crippen LogP contribution < -0.4 is 5.56 Å². The number of aliphatic hydroxyl groups is 1. The number of benzene rings is 2. The van der Waals surface area contributed by atoms with Crippen molar-refractivity contribution in [3.05, 3.63) is 106 Å². The molecule has 14 heteroatoms. The van der Waals surface area contributed by atoms with Gasteiger partial charge in [-0.1, -0.05) is 36.4 Å². The van der Waals surface area contributed by atoms with E-state index in [0.717, 1.165) is 13.8 Å². The van der Waals surface area contributed by atoms with E-state index >= 15 is 0 Å². The summed E-state index contributed by atoms with van der Waals surface area (Å²) < 4.78 is 38.9. The summed E-state index contributed by atoms with van der Waals surface area (Å²) in [6, 6.07) is 18.5. The molecule has 1 saturated heterocycles. The molecule has 1 spiro atoms. The van der Waals surface area contributed by atoms with E-state index in [1.807, 2.05) is 0 Å². The van der Waals surface area contributed by atoms with Crippen LogP contribution in [0.2, 0.25) is 0 Å². The van der Waals surface area contributed by atoms with Crippen LogP contribution in [0, 0.1) is 11.3 Å². The van der Waals surface area contributed by atoms with Gasteiger partial charge in [-0.25, -0.2) is 14.4 Å². The molecule has 54 heavy (non-hydrogen) atoms. The zero-order valence-electron chi connectivity index (χ0n) is 31.0. The number of ether oxygens (including phenoxy) is 6. The average Bonchev–Trinajstić information content (AvgIpc) is 3.32. The van der Waals surface area contributed by atoms with E-state index in [-0.39, 0.29) is 22.2 Å². The summed E-state index contributed by atoms with van der Waals surface area (Å²) in [6.45, 7) is 8.50. The molecule has 2 aromatic carbocycles. The predicted molar refractivity (Wildman–Crippen MR) is 188 cm³/mol. The number of aromatic nitrogens is 1. The molecule has 0 amide bonds. The molecule has 6 rings (SSSR count). The van der Waals surface area contributed by atoms with E-state index in [2.05, 4.69) is 0 Å². The Hall–Kier alpha value is -5.34. The molecule has 2 aliphatic carbocycles. The number of carbonyl (C=O) groups excluding carboxylic acids is 5. The van der Waals surface area contributed by atoms with Crippen molar-refractivity contribution >= 4 is 29.8 Å². The largest absolute Gasteiger partial charge is 0.458 e. The molecule has 2 heterocycles. The van der Waals surface area contributed by atoms with E-state index in [1.165, 1.54) is 68.1 Å². The van der Waals surface area contributed by atoms with Crippen molar-refractivity contribution in [3.8, 4) is 0 Å². The van der Waals surface area contributed by atoms with Gasteiger partial charge in [0.25, 0.3) is 0 Å². The number of rotatable bonds is 8. The second-order valence-electron chi connectivity index (χ2n) is 15.0. The molecule has 2 saturated carbocycles. The fraction of sp³-hybridized carbons (Fsp3) is 0.450. The van der Waals surface area contributed by atoms with Gasteiger partial charge in [0.1, 0.15) is 23.9 Å². The van der Waals surface area contributed by atoms with Crippen molar-refractivity contribution in [2.24, 2.45) is 18.4 Å². The first-order chi connectivity index (χ1) is 25.3. The molecule has 3 aromatic rings. The van der Waals surface area contributed by atoms with Crippen LogP contribution in [0.25, 0.3) is 0 Å². The Balaban J connectivity index is 1.60. The lowest BCUT2D eigenvalue weighted by Crippen LogP contribution is -2.83. The van der Waals surface area contributed by atoms with Crippen LogP contribution >= 0.6 is 0 Å². The van der Waals surface area contributed by atoms with Gasteiger partial charge in [-0.3, -0.25) is 14.4 Å². The average molecular weight is 746 g/mol. The number of aryl methyl sites for hydroxylation is 1. The number of fused-ring (bicyclic) bond motifs is 1. The first kappa shape index (κ1) is 38.4. The Morgan fingerprint density at radius 1 is 0.685 bits per heavy atom. The molecule has 1 aliphatic heterocycles. The quantitative estimate of drug-likeness (QED) is 0.261. The minimum absolute atomic E-state index is 0.0178. The fourth-order valence-corrected chi connectivity index (χ4v) is 8.88. The molecule has 0 unspecified atom stereocenters. The van der Waals surface area contributed by atoms with Gasteiger partial charge < -0.3 is 38.1 Å². The molecule has 2 bridgehead atoms. The van der Waals surface area contributed by atoms with Crippen molar-refractivity contribution in [1.82, 2.24) is 4.57 Å². The Kier molecular flexibility index (Phi) is 9.82. The van der Waals surface area contributed by atoms with Crippen LogP contribution in [0.5, 0.6) is 0 Å². The highest BCUT2D eigenvalue weighted by Crippen LogP contribution is 2.69. The van der Waals surface area contributed by atoms with Crippen LogP contribution in [-0.4, -0.2) is 86.8 Å². The zero-order chi connectivity index (χ0) is 39.4. The fourth-order valence-electron chi connectivity index (χ4n) is 8.88. The highest BCUT2D eigenvalue weighted by molar-refractivity contribution is 5.91. The maximum absolute atomic E-state index is 14.1. The third-order valence-electron chi connectivity index (χ3n) is 11.0. The molecule has 1 N–H and O–H groups in total. The summed E-state index contributed by atoms with van der Waals surface area (Å²) in [5.41, 5.74) is -7.74. The first-order valence-corrected chi connectivity index (χ1v) is 17.5.